The molecule has 1 aromatic rings. The molecule has 2 aliphatic rings. The van der Waals surface area contributed by atoms with E-state index >= 15 is 0 Å². The Kier molecular flexibility index (Phi) is 3.55. The van der Waals surface area contributed by atoms with Crippen LogP contribution in [0, 0.1) is 6.92 Å². The molecular formula is C17H23NO2. The summed E-state index contributed by atoms with van der Waals surface area (Å²) in [4.78, 5) is 15.0. The van der Waals surface area contributed by atoms with Crippen LogP contribution in [0.25, 0.3) is 0 Å². The lowest BCUT2D eigenvalue weighted by molar-refractivity contribution is -0.142. The van der Waals surface area contributed by atoms with Gasteiger partial charge in [-0.25, -0.2) is 0 Å². The first-order valence-corrected chi connectivity index (χ1v) is 7.66. The van der Waals surface area contributed by atoms with Gasteiger partial charge in [-0.15, -0.1) is 0 Å². The van der Waals surface area contributed by atoms with Crippen LogP contribution in [0.2, 0.25) is 0 Å². The number of carbonyl (C=O) groups is 1. The van der Waals surface area contributed by atoms with Crippen LogP contribution in [0.3, 0.4) is 0 Å². The van der Waals surface area contributed by atoms with Crippen LogP contribution in [-0.4, -0.2) is 35.1 Å². The van der Waals surface area contributed by atoms with Crippen LogP contribution in [0.15, 0.2) is 24.3 Å². The summed E-state index contributed by atoms with van der Waals surface area (Å²) in [6.07, 6.45) is 4.97. The SMILES string of the molecule is Cc1cccc(C2(C(=O)N3CCC[C@@H]3CO)CCC2)c1. The molecule has 2 fully saturated rings. The molecule has 20 heavy (non-hydrogen) atoms. The van der Waals surface area contributed by atoms with Gasteiger partial charge in [-0.2, -0.15) is 0 Å². The molecule has 1 N–H and O–H groups in total. The number of aliphatic hydroxyl groups is 1. The molecule has 0 unspecified atom stereocenters. The molecule has 1 aliphatic heterocycles. The van der Waals surface area contributed by atoms with Crippen molar-refractivity contribution in [3.8, 4) is 0 Å². The maximum atomic E-state index is 13.0. The Balaban J connectivity index is 1.91. The molecule has 3 rings (SSSR count). The van der Waals surface area contributed by atoms with Gasteiger partial charge in [-0.05, 0) is 38.2 Å². The Morgan fingerprint density at radius 1 is 1.40 bits per heavy atom. The molecule has 0 bridgehead atoms. The number of hydrogen-bond donors (Lipinski definition) is 1. The van der Waals surface area contributed by atoms with Gasteiger partial charge < -0.3 is 10.0 Å². The van der Waals surface area contributed by atoms with Gasteiger partial charge in [0.1, 0.15) is 0 Å². The topological polar surface area (TPSA) is 40.5 Å². The first kappa shape index (κ1) is 13.6. The maximum Gasteiger partial charge on any atom is 0.233 e. The van der Waals surface area contributed by atoms with E-state index in [1.165, 1.54) is 5.56 Å². The molecule has 0 spiro atoms. The van der Waals surface area contributed by atoms with Gasteiger partial charge in [0, 0.05) is 6.54 Å². The van der Waals surface area contributed by atoms with E-state index in [0.717, 1.165) is 44.2 Å². The molecule has 1 amide bonds. The third-order valence-electron chi connectivity index (χ3n) is 5.04. The maximum absolute atomic E-state index is 13.0. The van der Waals surface area contributed by atoms with Crippen molar-refractivity contribution in [2.45, 2.75) is 50.5 Å². The standard InChI is InChI=1S/C17H23NO2/c1-13-5-2-6-14(11-13)17(8-4-9-17)16(20)18-10-3-7-15(18)12-19/h2,5-6,11,15,19H,3-4,7-10,12H2,1H3/t15-/m1/s1. The molecule has 1 aromatic carbocycles. The summed E-state index contributed by atoms with van der Waals surface area (Å²) in [5, 5.41) is 9.46. The second-order valence-electron chi connectivity index (χ2n) is 6.28. The largest absolute Gasteiger partial charge is 0.394 e. The number of nitrogens with zero attached hydrogens (tertiary/aromatic N) is 1. The fourth-order valence-electron chi connectivity index (χ4n) is 3.67. The fourth-order valence-corrected chi connectivity index (χ4v) is 3.67. The van der Waals surface area contributed by atoms with Crippen LogP contribution in [-0.2, 0) is 10.2 Å². The molecule has 0 aromatic heterocycles. The van der Waals surface area contributed by atoms with Gasteiger partial charge in [0.2, 0.25) is 5.91 Å². The van der Waals surface area contributed by atoms with Crippen LogP contribution in [0.4, 0.5) is 0 Å². The van der Waals surface area contributed by atoms with Crippen molar-refractivity contribution in [3.63, 3.8) is 0 Å². The predicted molar refractivity (Wildman–Crippen MR) is 78.5 cm³/mol. The first-order chi connectivity index (χ1) is 9.67. The average Bonchev–Trinajstić information content (AvgIpc) is 2.85. The first-order valence-electron chi connectivity index (χ1n) is 7.66. The monoisotopic (exact) mass is 273 g/mol. The summed E-state index contributed by atoms with van der Waals surface area (Å²) in [5.74, 6) is 0.242. The molecule has 1 heterocycles. The second kappa shape index (κ2) is 5.21. The zero-order valence-electron chi connectivity index (χ0n) is 12.1. The van der Waals surface area contributed by atoms with Gasteiger partial charge in [-0.1, -0.05) is 36.2 Å². The van der Waals surface area contributed by atoms with E-state index < -0.39 is 0 Å². The third-order valence-corrected chi connectivity index (χ3v) is 5.04. The van der Waals surface area contributed by atoms with Gasteiger partial charge in [0.15, 0.2) is 0 Å². The fraction of sp³-hybridized carbons (Fsp3) is 0.588. The molecule has 1 saturated carbocycles. The number of hydrogen-bond acceptors (Lipinski definition) is 2. The van der Waals surface area contributed by atoms with E-state index in [2.05, 4.69) is 25.1 Å². The molecule has 3 nitrogen and oxygen atoms in total. The number of likely N-dealkylation sites (tertiary alicyclic amines) is 1. The average molecular weight is 273 g/mol. The normalized spacial score (nSPS) is 24.5. The minimum absolute atomic E-state index is 0.0322. The summed E-state index contributed by atoms with van der Waals surface area (Å²) in [7, 11) is 0. The number of carbonyl (C=O) groups excluding carboxylic acids is 1. The van der Waals surface area contributed by atoms with E-state index in [1.807, 2.05) is 11.0 Å². The number of benzene rings is 1. The molecule has 1 aliphatic carbocycles. The Morgan fingerprint density at radius 2 is 2.20 bits per heavy atom. The second-order valence-corrected chi connectivity index (χ2v) is 6.28. The highest BCUT2D eigenvalue weighted by atomic mass is 16.3. The predicted octanol–water partition coefficient (Wildman–Crippen LogP) is 2.40. The molecule has 108 valence electrons. The lowest BCUT2D eigenvalue weighted by Crippen LogP contribution is -2.53. The van der Waals surface area contributed by atoms with Crippen molar-refractivity contribution in [2.24, 2.45) is 0 Å². The summed E-state index contributed by atoms with van der Waals surface area (Å²) in [6.45, 7) is 2.97. The molecule has 3 heteroatoms. The van der Waals surface area contributed by atoms with Crippen LogP contribution in [0.5, 0.6) is 0 Å². The highest BCUT2D eigenvalue weighted by Crippen LogP contribution is 2.46. The van der Waals surface area contributed by atoms with Gasteiger partial charge in [0.25, 0.3) is 0 Å². The minimum Gasteiger partial charge on any atom is -0.394 e. The zero-order chi connectivity index (χ0) is 14.2. The molecule has 1 atom stereocenters. The summed E-state index contributed by atoms with van der Waals surface area (Å²) in [5.41, 5.74) is 2.06. The van der Waals surface area contributed by atoms with Gasteiger partial charge >= 0.3 is 0 Å². The third kappa shape index (κ3) is 2.05. The summed E-state index contributed by atoms with van der Waals surface area (Å²) in [6, 6.07) is 8.40. The lowest BCUT2D eigenvalue weighted by atomic mass is 9.63. The highest BCUT2D eigenvalue weighted by molar-refractivity contribution is 5.89. The van der Waals surface area contributed by atoms with Gasteiger partial charge in [-0.3, -0.25) is 4.79 Å². The quantitative estimate of drug-likeness (QED) is 0.918. The van der Waals surface area contributed by atoms with Crippen molar-refractivity contribution in [2.75, 3.05) is 13.2 Å². The van der Waals surface area contributed by atoms with Crippen molar-refractivity contribution in [3.05, 3.63) is 35.4 Å². The van der Waals surface area contributed by atoms with Crippen molar-refractivity contribution in [1.82, 2.24) is 4.90 Å². The Morgan fingerprint density at radius 3 is 2.80 bits per heavy atom. The van der Waals surface area contributed by atoms with Crippen LogP contribution >= 0.6 is 0 Å². The summed E-state index contributed by atoms with van der Waals surface area (Å²) < 4.78 is 0. The number of aryl methyl sites for hydroxylation is 1. The van der Waals surface area contributed by atoms with E-state index in [4.69, 9.17) is 0 Å². The Bertz CT molecular complexity index is 507. The Hall–Kier alpha value is -1.35. The Labute approximate surface area is 120 Å². The molecular weight excluding hydrogens is 250 g/mol. The van der Waals surface area contributed by atoms with Crippen molar-refractivity contribution >= 4 is 5.91 Å². The van der Waals surface area contributed by atoms with E-state index in [-0.39, 0.29) is 24.0 Å². The summed E-state index contributed by atoms with van der Waals surface area (Å²) >= 11 is 0. The number of rotatable bonds is 3. The number of aliphatic hydroxyl groups excluding tert-OH is 1. The lowest BCUT2D eigenvalue weighted by Gasteiger charge is -2.44. The molecule has 0 radical (unpaired) electrons. The van der Waals surface area contributed by atoms with Gasteiger partial charge in [0.05, 0.1) is 18.1 Å². The van der Waals surface area contributed by atoms with E-state index in [9.17, 15) is 9.90 Å². The number of amides is 1. The van der Waals surface area contributed by atoms with Crippen molar-refractivity contribution in [1.29, 1.82) is 0 Å². The van der Waals surface area contributed by atoms with Crippen molar-refractivity contribution < 1.29 is 9.90 Å². The smallest absolute Gasteiger partial charge is 0.233 e. The molecule has 1 saturated heterocycles. The van der Waals surface area contributed by atoms with E-state index in [0.29, 0.717) is 0 Å². The van der Waals surface area contributed by atoms with Crippen LogP contribution < -0.4 is 0 Å². The zero-order valence-corrected chi connectivity index (χ0v) is 12.1. The van der Waals surface area contributed by atoms with E-state index in [1.54, 1.807) is 0 Å². The minimum atomic E-state index is -0.316. The van der Waals surface area contributed by atoms with Crippen LogP contribution in [0.1, 0.15) is 43.2 Å². The highest BCUT2D eigenvalue weighted by Gasteiger charge is 2.49.